The molecule has 0 heterocycles. The van der Waals surface area contributed by atoms with Gasteiger partial charge in [0.25, 0.3) is 0 Å². The molecule has 2 heteroatoms. The highest BCUT2D eigenvalue weighted by atomic mass is 16.1. The molecule has 52 valence electrons. The van der Waals surface area contributed by atoms with Crippen molar-refractivity contribution in [3.05, 3.63) is 12.7 Å². The van der Waals surface area contributed by atoms with Gasteiger partial charge in [0.2, 0.25) is 5.78 Å². The van der Waals surface area contributed by atoms with E-state index in [9.17, 15) is 4.79 Å². The van der Waals surface area contributed by atoms with Gasteiger partial charge in [0.1, 0.15) is 6.54 Å². The zero-order valence-electron chi connectivity index (χ0n) is 6.35. The highest BCUT2D eigenvalue weighted by Crippen LogP contribution is 1.89. The first kappa shape index (κ1) is 8.37. The maximum absolute atomic E-state index is 10.7. The van der Waals surface area contributed by atoms with Crippen molar-refractivity contribution < 1.29 is 9.28 Å². The van der Waals surface area contributed by atoms with Gasteiger partial charge in [-0.2, -0.15) is 0 Å². The lowest BCUT2D eigenvalue weighted by Crippen LogP contribution is -2.38. The molecule has 2 nitrogen and oxygen atoms in total. The highest BCUT2D eigenvalue weighted by molar-refractivity contribution is 5.90. The van der Waals surface area contributed by atoms with Crippen LogP contribution in [0.5, 0.6) is 0 Å². The van der Waals surface area contributed by atoms with Crippen LogP contribution in [-0.4, -0.2) is 38.0 Å². The van der Waals surface area contributed by atoms with Crippen LogP contribution in [0.25, 0.3) is 0 Å². The van der Waals surface area contributed by atoms with Crippen molar-refractivity contribution in [2.24, 2.45) is 0 Å². The number of ketones is 1. The molecule has 0 aliphatic rings. The lowest BCUT2D eigenvalue weighted by molar-refractivity contribution is -0.861. The van der Waals surface area contributed by atoms with Crippen molar-refractivity contribution in [1.82, 2.24) is 0 Å². The van der Waals surface area contributed by atoms with Crippen molar-refractivity contribution in [2.75, 3.05) is 27.7 Å². The molecule has 0 aromatic carbocycles. The lowest BCUT2D eigenvalue weighted by Gasteiger charge is -2.21. The Morgan fingerprint density at radius 3 is 2.11 bits per heavy atom. The molecule has 0 N–H and O–H groups in total. The van der Waals surface area contributed by atoms with Gasteiger partial charge in [-0.25, -0.2) is 0 Å². The SMILES string of the molecule is C=CC(=O)C[N+](C)(C)C. The van der Waals surface area contributed by atoms with Crippen molar-refractivity contribution in [3.8, 4) is 0 Å². The molecule has 0 atom stereocenters. The fraction of sp³-hybridized carbons (Fsp3) is 0.571. The van der Waals surface area contributed by atoms with Crippen LogP contribution in [0.4, 0.5) is 0 Å². The number of rotatable bonds is 3. The van der Waals surface area contributed by atoms with Crippen LogP contribution in [0.3, 0.4) is 0 Å². The number of nitrogens with zero attached hydrogens (tertiary/aromatic N) is 1. The number of carbonyl (C=O) groups is 1. The van der Waals surface area contributed by atoms with E-state index in [4.69, 9.17) is 0 Å². The Morgan fingerprint density at radius 2 is 2.00 bits per heavy atom. The standard InChI is InChI=1S/C7H14NO/c1-5-7(9)6-8(2,3)4/h5H,1,6H2,2-4H3/q+1. The predicted octanol–water partition coefficient (Wildman–Crippen LogP) is 0.448. The highest BCUT2D eigenvalue weighted by Gasteiger charge is 2.09. The van der Waals surface area contributed by atoms with Gasteiger partial charge in [0.05, 0.1) is 21.1 Å². The van der Waals surface area contributed by atoms with Gasteiger partial charge in [-0.1, -0.05) is 6.58 Å². The third-order valence-electron chi connectivity index (χ3n) is 0.858. The Hall–Kier alpha value is -0.630. The third kappa shape index (κ3) is 5.24. The van der Waals surface area contributed by atoms with E-state index in [1.165, 1.54) is 6.08 Å². The molecule has 0 spiro atoms. The molecular weight excluding hydrogens is 114 g/mol. The number of carbonyl (C=O) groups excluding carboxylic acids is 1. The van der Waals surface area contributed by atoms with Crippen molar-refractivity contribution in [2.45, 2.75) is 0 Å². The summed E-state index contributed by atoms with van der Waals surface area (Å²) in [5, 5.41) is 0. The van der Waals surface area contributed by atoms with E-state index in [1.807, 2.05) is 21.1 Å². The summed E-state index contributed by atoms with van der Waals surface area (Å²) < 4.78 is 0.671. The van der Waals surface area contributed by atoms with Crippen LogP contribution in [0, 0.1) is 0 Å². The average Bonchev–Trinajstić information content (AvgIpc) is 1.62. The van der Waals surface area contributed by atoms with E-state index < -0.39 is 0 Å². The Bertz CT molecular complexity index is 121. The number of quaternary nitrogens is 1. The van der Waals surface area contributed by atoms with E-state index >= 15 is 0 Å². The van der Waals surface area contributed by atoms with Crippen molar-refractivity contribution in [3.63, 3.8) is 0 Å². The molecule has 0 rings (SSSR count). The van der Waals surface area contributed by atoms with Gasteiger partial charge in [-0.3, -0.25) is 4.79 Å². The van der Waals surface area contributed by atoms with Gasteiger partial charge in [-0.15, -0.1) is 0 Å². The number of hydrogen-bond acceptors (Lipinski definition) is 1. The largest absolute Gasteiger partial charge is 0.324 e. The molecular formula is C7H14NO+. The summed E-state index contributed by atoms with van der Waals surface area (Å²) in [6.07, 6.45) is 1.36. The van der Waals surface area contributed by atoms with Crippen LogP contribution in [-0.2, 0) is 4.79 Å². The molecule has 0 aromatic heterocycles. The monoisotopic (exact) mass is 128 g/mol. The van der Waals surface area contributed by atoms with Gasteiger partial charge < -0.3 is 4.48 Å². The maximum atomic E-state index is 10.7. The minimum absolute atomic E-state index is 0.0995. The second kappa shape index (κ2) is 2.78. The summed E-state index contributed by atoms with van der Waals surface area (Å²) in [4.78, 5) is 10.7. The smallest absolute Gasteiger partial charge is 0.209 e. The molecule has 0 bridgehead atoms. The summed E-state index contributed by atoms with van der Waals surface area (Å²) in [5.41, 5.74) is 0. The van der Waals surface area contributed by atoms with Crippen molar-refractivity contribution >= 4 is 5.78 Å². The molecule has 0 radical (unpaired) electrons. The number of likely N-dealkylation sites (N-methyl/N-ethyl adjacent to an activating group) is 1. The molecule has 0 saturated carbocycles. The quantitative estimate of drug-likeness (QED) is 0.398. The molecule has 0 aliphatic carbocycles. The summed E-state index contributed by atoms with van der Waals surface area (Å²) in [5.74, 6) is 0.0995. The normalized spacial score (nSPS) is 11.0. The molecule has 0 fully saturated rings. The minimum atomic E-state index is 0.0995. The van der Waals surface area contributed by atoms with Gasteiger partial charge in [0.15, 0.2) is 0 Å². The summed E-state index contributed by atoms with van der Waals surface area (Å²) >= 11 is 0. The fourth-order valence-electron chi connectivity index (χ4n) is 0.532. The molecule has 0 saturated heterocycles. The van der Waals surface area contributed by atoms with Crippen LogP contribution in [0.15, 0.2) is 12.7 Å². The Kier molecular flexibility index (Phi) is 2.59. The summed E-state index contributed by atoms with van der Waals surface area (Å²) in [7, 11) is 5.92. The summed E-state index contributed by atoms with van der Waals surface area (Å²) in [6.45, 7) is 3.92. The second-order valence-electron chi connectivity index (χ2n) is 3.12. The zero-order valence-corrected chi connectivity index (χ0v) is 6.35. The van der Waals surface area contributed by atoms with E-state index in [0.29, 0.717) is 11.0 Å². The molecule has 0 unspecified atom stereocenters. The second-order valence-corrected chi connectivity index (χ2v) is 3.12. The minimum Gasteiger partial charge on any atom is -0.324 e. The van der Waals surface area contributed by atoms with Gasteiger partial charge in [0, 0.05) is 0 Å². The first-order valence-corrected chi connectivity index (χ1v) is 2.91. The predicted molar refractivity (Wildman–Crippen MR) is 38.1 cm³/mol. The van der Waals surface area contributed by atoms with Crippen LogP contribution in [0.2, 0.25) is 0 Å². The van der Waals surface area contributed by atoms with Crippen LogP contribution in [0.1, 0.15) is 0 Å². The Labute approximate surface area is 56.4 Å². The maximum Gasteiger partial charge on any atom is 0.209 e. The molecule has 9 heavy (non-hydrogen) atoms. The number of hydrogen-bond donors (Lipinski definition) is 0. The zero-order chi connectivity index (χ0) is 7.49. The summed E-state index contributed by atoms with van der Waals surface area (Å²) in [6, 6.07) is 0. The fourth-order valence-corrected chi connectivity index (χ4v) is 0.532. The van der Waals surface area contributed by atoms with Gasteiger partial charge in [-0.05, 0) is 6.08 Å². The average molecular weight is 128 g/mol. The Balaban J connectivity index is 3.74. The van der Waals surface area contributed by atoms with E-state index in [2.05, 4.69) is 6.58 Å². The van der Waals surface area contributed by atoms with Crippen LogP contribution >= 0.6 is 0 Å². The van der Waals surface area contributed by atoms with E-state index in [-0.39, 0.29) is 5.78 Å². The first-order chi connectivity index (χ1) is 3.95. The molecule has 0 aromatic rings. The Morgan fingerprint density at radius 1 is 1.56 bits per heavy atom. The van der Waals surface area contributed by atoms with E-state index in [1.54, 1.807) is 0 Å². The van der Waals surface area contributed by atoms with E-state index in [0.717, 1.165) is 0 Å². The van der Waals surface area contributed by atoms with Crippen molar-refractivity contribution in [1.29, 1.82) is 0 Å². The lowest BCUT2D eigenvalue weighted by atomic mass is 10.3. The molecule has 0 amide bonds. The van der Waals surface area contributed by atoms with Crippen LogP contribution < -0.4 is 0 Å². The van der Waals surface area contributed by atoms with Gasteiger partial charge >= 0.3 is 0 Å². The topological polar surface area (TPSA) is 17.1 Å². The first-order valence-electron chi connectivity index (χ1n) is 2.91. The molecule has 0 aliphatic heterocycles. The third-order valence-corrected chi connectivity index (χ3v) is 0.858.